The van der Waals surface area contributed by atoms with Crippen LogP contribution in [0.3, 0.4) is 0 Å². The molecule has 4 heterocycles. The minimum Gasteiger partial charge on any atom is -0.456 e. The van der Waals surface area contributed by atoms with E-state index in [1.165, 1.54) is 11.6 Å². The minimum absolute atomic E-state index is 0.0955. The quantitative estimate of drug-likeness (QED) is 0.323. The molecule has 0 spiro atoms. The van der Waals surface area contributed by atoms with Crippen LogP contribution in [0, 0.1) is 0 Å². The molecule has 2 N–H and O–H groups in total. The summed E-state index contributed by atoms with van der Waals surface area (Å²) in [7, 11) is 1.67. The van der Waals surface area contributed by atoms with E-state index in [1.54, 1.807) is 19.3 Å². The van der Waals surface area contributed by atoms with Crippen molar-refractivity contribution in [2.24, 2.45) is 0 Å². The highest BCUT2D eigenvalue weighted by Gasteiger charge is 2.46. The summed E-state index contributed by atoms with van der Waals surface area (Å²) in [4.78, 5) is 12.7. The summed E-state index contributed by atoms with van der Waals surface area (Å²) in [5.41, 5.74) is 2.19. The number of hydrogen-bond donors (Lipinski definition) is 2. The molecule has 8 heteroatoms. The van der Waals surface area contributed by atoms with E-state index >= 15 is 0 Å². The summed E-state index contributed by atoms with van der Waals surface area (Å²) in [6.07, 6.45) is 13.2. The molecule has 1 fully saturated rings. The average Bonchev–Trinajstić information content (AvgIpc) is 3.66. The Morgan fingerprint density at radius 2 is 2.05 bits per heavy atom. The first-order valence-electron chi connectivity index (χ1n) is 13.7. The number of cyclic esters (lactones) is 1. The van der Waals surface area contributed by atoms with E-state index in [0.717, 1.165) is 31.3 Å². The van der Waals surface area contributed by atoms with Gasteiger partial charge in [-0.2, -0.15) is 0 Å². The van der Waals surface area contributed by atoms with Gasteiger partial charge >= 0.3 is 5.97 Å². The molecule has 0 amide bonds. The number of esters is 1. The summed E-state index contributed by atoms with van der Waals surface area (Å²) < 4.78 is 28.9. The number of rotatable bonds is 4. The molecule has 4 aliphatic rings. The van der Waals surface area contributed by atoms with Crippen LogP contribution < -0.4 is 0 Å². The van der Waals surface area contributed by atoms with Crippen LogP contribution in [0.5, 0.6) is 0 Å². The van der Waals surface area contributed by atoms with Gasteiger partial charge in [-0.1, -0.05) is 54.2 Å². The van der Waals surface area contributed by atoms with Crippen LogP contribution in [-0.4, -0.2) is 84.8 Å². The predicted molar refractivity (Wildman–Crippen MR) is 142 cm³/mol. The van der Waals surface area contributed by atoms with E-state index in [2.05, 4.69) is 6.58 Å². The lowest BCUT2D eigenvalue weighted by atomic mass is 9.96. The molecule has 38 heavy (non-hydrogen) atoms. The minimum atomic E-state index is -1.04. The molecule has 9 unspecified atom stereocenters. The Morgan fingerprint density at radius 1 is 1.21 bits per heavy atom. The normalized spacial score (nSPS) is 38.9. The van der Waals surface area contributed by atoms with Crippen molar-refractivity contribution < 1.29 is 38.7 Å². The van der Waals surface area contributed by atoms with Gasteiger partial charge in [0.05, 0.1) is 37.1 Å². The zero-order valence-corrected chi connectivity index (χ0v) is 22.4. The first-order valence-corrected chi connectivity index (χ1v) is 13.7. The van der Waals surface area contributed by atoms with Crippen molar-refractivity contribution in [3.63, 3.8) is 0 Å². The third kappa shape index (κ3) is 8.46. The van der Waals surface area contributed by atoms with Crippen molar-refractivity contribution >= 4 is 5.97 Å². The summed E-state index contributed by atoms with van der Waals surface area (Å²) in [5.74, 6) is -0.548. The molecular weight excluding hydrogens is 488 g/mol. The third-order valence-electron chi connectivity index (χ3n) is 7.54. The molecule has 0 aromatic rings. The maximum absolute atomic E-state index is 12.7. The molecule has 0 aromatic carbocycles. The van der Waals surface area contributed by atoms with Gasteiger partial charge in [-0.05, 0) is 45.4 Å². The van der Waals surface area contributed by atoms with E-state index in [4.69, 9.17) is 23.7 Å². The van der Waals surface area contributed by atoms with Gasteiger partial charge in [-0.25, -0.2) is 4.79 Å². The monoisotopic (exact) mass is 530 g/mol. The van der Waals surface area contributed by atoms with Gasteiger partial charge in [0.1, 0.15) is 24.4 Å². The predicted octanol–water partition coefficient (Wildman–Crippen LogP) is 3.48. The van der Waals surface area contributed by atoms with Gasteiger partial charge < -0.3 is 33.9 Å². The Hall–Kier alpha value is -2.07. The first kappa shape index (κ1) is 28.9. The second-order valence-corrected chi connectivity index (χ2v) is 10.7. The lowest BCUT2D eigenvalue weighted by Gasteiger charge is -2.31. The average molecular weight is 531 g/mol. The van der Waals surface area contributed by atoms with Crippen molar-refractivity contribution in [2.75, 3.05) is 13.7 Å². The van der Waals surface area contributed by atoms with Crippen LogP contribution in [0.15, 0.2) is 60.3 Å². The molecule has 2 bridgehead atoms. The molecule has 4 rings (SSSR count). The number of ether oxygens (including phenoxy) is 5. The smallest absolute Gasteiger partial charge is 0.330 e. The van der Waals surface area contributed by atoms with E-state index in [1.807, 2.05) is 31.2 Å². The Bertz CT molecular complexity index is 937. The maximum Gasteiger partial charge on any atom is 0.330 e. The molecule has 4 aliphatic heterocycles. The van der Waals surface area contributed by atoms with E-state index in [-0.39, 0.29) is 43.0 Å². The lowest BCUT2D eigenvalue weighted by molar-refractivity contribution is -0.148. The number of carbonyl (C=O) groups is 1. The van der Waals surface area contributed by atoms with Gasteiger partial charge in [0.15, 0.2) is 0 Å². The van der Waals surface area contributed by atoms with Crippen molar-refractivity contribution in [3.05, 3.63) is 60.3 Å². The zero-order chi connectivity index (χ0) is 27.1. The van der Waals surface area contributed by atoms with Crippen LogP contribution in [0.4, 0.5) is 0 Å². The van der Waals surface area contributed by atoms with Gasteiger partial charge in [-0.15, -0.1) is 0 Å². The SMILES string of the molecule is C=C1CCCC2OC(C=CC2OC)C/C=C\C(=O)OC(C(O)C=CC2CC(C)=CCO2)CC2OC2C(O)C1. The van der Waals surface area contributed by atoms with Crippen molar-refractivity contribution in [3.8, 4) is 0 Å². The standard InChI is InChI=1S/C30H42O8/c1-19-6-4-8-26-25(34-3)13-11-21(36-26)7-5-9-29(33)37-27(18-28-30(38-28)24(32)17-19)23(31)12-10-22-16-20(2)14-15-35-22/h5,9-14,21-28,30-32H,1,4,6-8,15-18H2,2-3H3/b9-5-,12-10?. The Balaban J connectivity index is 1.44. The summed E-state index contributed by atoms with van der Waals surface area (Å²) in [5, 5.41) is 21.6. The molecule has 0 radical (unpaired) electrons. The number of methoxy groups -OCH3 is 1. The van der Waals surface area contributed by atoms with Crippen LogP contribution in [0.2, 0.25) is 0 Å². The molecule has 1 saturated heterocycles. The molecule has 0 aliphatic carbocycles. The topological polar surface area (TPSA) is 107 Å². The number of carbonyl (C=O) groups excluding carboxylic acids is 1. The highest BCUT2D eigenvalue weighted by molar-refractivity contribution is 5.82. The van der Waals surface area contributed by atoms with Crippen LogP contribution in [0.25, 0.3) is 0 Å². The summed E-state index contributed by atoms with van der Waals surface area (Å²) in [6.45, 7) is 6.73. The number of aliphatic hydroxyl groups is 2. The van der Waals surface area contributed by atoms with Crippen molar-refractivity contribution in [2.45, 2.75) is 107 Å². The van der Waals surface area contributed by atoms with E-state index in [9.17, 15) is 15.0 Å². The third-order valence-corrected chi connectivity index (χ3v) is 7.54. The van der Waals surface area contributed by atoms with Gasteiger partial charge in [0, 0.05) is 19.6 Å². The molecule has 9 atom stereocenters. The highest BCUT2D eigenvalue weighted by atomic mass is 16.6. The van der Waals surface area contributed by atoms with Crippen molar-refractivity contribution in [1.29, 1.82) is 0 Å². The Morgan fingerprint density at radius 3 is 2.84 bits per heavy atom. The summed E-state index contributed by atoms with van der Waals surface area (Å²) in [6, 6.07) is 0. The molecule has 210 valence electrons. The van der Waals surface area contributed by atoms with Crippen LogP contribution >= 0.6 is 0 Å². The molecular formula is C30H42O8. The van der Waals surface area contributed by atoms with Crippen LogP contribution in [-0.2, 0) is 28.5 Å². The summed E-state index contributed by atoms with van der Waals surface area (Å²) >= 11 is 0. The zero-order valence-electron chi connectivity index (χ0n) is 22.4. The number of aliphatic hydroxyl groups excluding tert-OH is 2. The van der Waals surface area contributed by atoms with Gasteiger partial charge in [0.2, 0.25) is 0 Å². The van der Waals surface area contributed by atoms with Gasteiger partial charge in [0.25, 0.3) is 0 Å². The number of hydrogen-bond acceptors (Lipinski definition) is 8. The van der Waals surface area contributed by atoms with Gasteiger partial charge in [-0.3, -0.25) is 0 Å². The number of epoxide rings is 1. The molecule has 8 nitrogen and oxygen atoms in total. The number of fused-ring (bicyclic) bond motifs is 3. The molecule has 0 aromatic heterocycles. The second-order valence-electron chi connectivity index (χ2n) is 10.7. The molecule has 0 saturated carbocycles. The Labute approximate surface area is 225 Å². The fourth-order valence-electron chi connectivity index (χ4n) is 5.29. The first-order chi connectivity index (χ1) is 18.3. The van der Waals surface area contributed by atoms with E-state index in [0.29, 0.717) is 19.4 Å². The Kier molecular flexibility index (Phi) is 10.5. The maximum atomic E-state index is 12.7. The fourth-order valence-corrected chi connectivity index (χ4v) is 5.29. The second kappa shape index (κ2) is 13.8. The highest BCUT2D eigenvalue weighted by Crippen LogP contribution is 2.34. The fraction of sp³-hybridized carbons (Fsp3) is 0.633. The van der Waals surface area contributed by atoms with E-state index < -0.39 is 24.3 Å². The largest absolute Gasteiger partial charge is 0.456 e. The lowest BCUT2D eigenvalue weighted by Crippen LogP contribution is -2.36. The van der Waals surface area contributed by atoms with Crippen molar-refractivity contribution in [1.82, 2.24) is 0 Å². The van der Waals surface area contributed by atoms with Crippen LogP contribution in [0.1, 0.15) is 51.9 Å².